The highest BCUT2D eigenvalue weighted by atomic mass is 28.4. The average Bonchev–Trinajstić information content (AvgIpc) is 2.95. The van der Waals surface area contributed by atoms with E-state index in [0.29, 0.717) is 13.2 Å². The number of hydrogen-bond acceptors (Lipinski definition) is 2. The fourth-order valence-electron chi connectivity index (χ4n) is 2.79. The molecule has 84 valence electrons. The second-order valence-corrected chi connectivity index (χ2v) is 7.40. The molecule has 2 aromatic rings. The molecule has 2 aromatic carbocycles. The normalized spacial score (nSPS) is 19.3. The number of rotatable bonds is 0. The van der Waals surface area contributed by atoms with Gasteiger partial charge in [-0.3, -0.25) is 0 Å². The first-order chi connectivity index (χ1) is 8.40. The molecule has 2 heterocycles. The summed E-state index contributed by atoms with van der Waals surface area (Å²) in [5.41, 5.74) is 2.58. The second-order valence-electron chi connectivity index (χ2n) is 4.51. The van der Waals surface area contributed by atoms with Gasteiger partial charge in [-0.25, -0.2) is 0 Å². The van der Waals surface area contributed by atoms with E-state index in [1.807, 2.05) is 0 Å². The molecular formula is C14H12O2Si. The van der Waals surface area contributed by atoms with Crippen LogP contribution in [0.5, 0.6) is 0 Å². The van der Waals surface area contributed by atoms with E-state index in [0.717, 1.165) is 0 Å². The van der Waals surface area contributed by atoms with E-state index in [9.17, 15) is 0 Å². The lowest BCUT2D eigenvalue weighted by atomic mass is 10.2. The molecule has 3 heteroatoms. The zero-order valence-electron chi connectivity index (χ0n) is 9.35. The fraction of sp³-hybridized carbons (Fsp3) is 0.143. The minimum absolute atomic E-state index is 0.691. The summed E-state index contributed by atoms with van der Waals surface area (Å²) in [5.74, 6) is 0. The fourth-order valence-corrected chi connectivity index (χ4v) is 6.29. The molecule has 4 rings (SSSR count). The minimum Gasteiger partial charge on any atom is -0.383 e. The quantitative estimate of drug-likeness (QED) is 0.646. The summed E-state index contributed by atoms with van der Waals surface area (Å²) in [7, 11) is -2.31. The highest BCUT2D eigenvalue weighted by Crippen LogP contribution is 2.27. The Bertz CT molecular complexity index is 541. The summed E-state index contributed by atoms with van der Waals surface area (Å²) in [4.78, 5) is 0. The third-order valence-corrected chi connectivity index (χ3v) is 7.10. The molecule has 0 fully saturated rings. The van der Waals surface area contributed by atoms with Crippen molar-refractivity contribution < 1.29 is 8.85 Å². The first-order valence-electron chi connectivity index (χ1n) is 5.85. The van der Waals surface area contributed by atoms with Crippen LogP contribution in [0.25, 0.3) is 0 Å². The lowest BCUT2D eigenvalue weighted by molar-refractivity contribution is 0.200. The molecule has 0 saturated carbocycles. The Morgan fingerprint density at radius 3 is 1.71 bits per heavy atom. The van der Waals surface area contributed by atoms with E-state index in [-0.39, 0.29) is 0 Å². The van der Waals surface area contributed by atoms with Gasteiger partial charge in [0.1, 0.15) is 0 Å². The Balaban J connectivity index is 1.97. The van der Waals surface area contributed by atoms with Gasteiger partial charge in [-0.15, -0.1) is 0 Å². The topological polar surface area (TPSA) is 18.5 Å². The van der Waals surface area contributed by atoms with E-state index >= 15 is 0 Å². The van der Waals surface area contributed by atoms with E-state index in [1.54, 1.807) is 0 Å². The monoisotopic (exact) mass is 240 g/mol. The molecular weight excluding hydrogens is 228 g/mol. The Morgan fingerprint density at radius 2 is 1.18 bits per heavy atom. The van der Waals surface area contributed by atoms with E-state index in [1.165, 1.54) is 21.5 Å². The predicted octanol–water partition coefficient (Wildman–Crippen LogP) is 1.30. The van der Waals surface area contributed by atoms with Crippen molar-refractivity contribution in [1.82, 2.24) is 0 Å². The van der Waals surface area contributed by atoms with Gasteiger partial charge >= 0.3 is 8.56 Å². The summed E-state index contributed by atoms with van der Waals surface area (Å²) >= 11 is 0. The lowest BCUT2D eigenvalue weighted by Crippen LogP contribution is -2.57. The van der Waals surface area contributed by atoms with Crippen LogP contribution < -0.4 is 10.4 Å². The van der Waals surface area contributed by atoms with Crippen molar-refractivity contribution in [3.63, 3.8) is 0 Å². The average molecular weight is 240 g/mol. The summed E-state index contributed by atoms with van der Waals surface area (Å²) in [6.45, 7) is 1.38. The van der Waals surface area contributed by atoms with Crippen LogP contribution in [0.1, 0.15) is 11.1 Å². The van der Waals surface area contributed by atoms with E-state index < -0.39 is 8.56 Å². The third-order valence-electron chi connectivity index (χ3n) is 3.61. The lowest BCUT2D eigenvalue weighted by Gasteiger charge is -2.20. The highest BCUT2D eigenvalue weighted by molar-refractivity contribution is 6.94. The maximum atomic E-state index is 6.12. The number of benzene rings is 2. The van der Waals surface area contributed by atoms with Gasteiger partial charge in [-0.2, -0.15) is 0 Å². The van der Waals surface area contributed by atoms with Gasteiger partial charge in [0.2, 0.25) is 0 Å². The molecule has 2 aliphatic rings. The van der Waals surface area contributed by atoms with Gasteiger partial charge in [-0.05, 0) is 11.1 Å². The molecule has 0 bridgehead atoms. The van der Waals surface area contributed by atoms with Crippen LogP contribution in [0.3, 0.4) is 0 Å². The zero-order chi connectivity index (χ0) is 11.3. The Hall–Kier alpha value is -1.42. The summed E-state index contributed by atoms with van der Waals surface area (Å²) in [6.07, 6.45) is 0. The first-order valence-corrected chi connectivity index (χ1v) is 7.66. The van der Waals surface area contributed by atoms with Crippen molar-refractivity contribution in [3.8, 4) is 0 Å². The SMILES string of the molecule is c1ccc2c(c1)CO[Si]21OCc2ccccc21. The van der Waals surface area contributed by atoms with Crippen LogP contribution in [0, 0.1) is 0 Å². The van der Waals surface area contributed by atoms with Gasteiger partial charge < -0.3 is 8.85 Å². The van der Waals surface area contributed by atoms with Crippen molar-refractivity contribution in [1.29, 1.82) is 0 Å². The maximum absolute atomic E-state index is 6.12. The molecule has 17 heavy (non-hydrogen) atoms. The minimum atomic E-state index is -2.31. The van der Waals surface area contributed by atoms with Crippen molar-refractivity contribution in [2.75, 3.05) is 0 Å². The van der Waals surface area contributed by atoms with Crippen LogP contribution in [-0.4, -0.2) is 8.56 Å². The molecule has 2 aliphatic heterocycles. The summed E-state index contributed by atoms with van der Waals surface area (Å²) in [6, 6.07) is 16.9. The zero-order valence-corrected chi connectivity index (χ0v) is 10.3. The van der Waals surface area contributed by atoms with Gasteiger partial charge in [0.05, 0.1) is 13.2 Å². The van der Waals surface area contributed by atoms with Crippen molar-refractivity contribution in [2.24, 2.45) is 0 Å². The first kappa shape index (κ1) is 9.59. The van der Waals surface area contributed by atoms with E-state index in [4.69, 9.17) is 8.85 Å². The standard InChI is InChI=1S/C14H12O2Si/c1-3-7-13-11(5-1)9-15-17(13)14-8-4-2-6-12(14)10-16-17/h1-8H,9-10H2. The van der Waals surface area contributed by atoms with Crippen molar-refractivity contribution >= 4 is 18.9 Å². The molecule has 0 unspecified atom stereocenters. The molecule has 0 saturated heterocycles. The Morgan fingerprint density at radius 1 is 0.706 bits per heavy atom. The van der Waals surface area contributed by atoms with Gasteiger partial charge in [0, 0.05) is 10.4 Å². The van der Waals surface area contributed by atoms with Crippen molar-refractivity contribution in [2.45, 2.75) is 13.2 Å². The molecule has 0 N–H and O–H groups in total. The summed E-state index contributed by atoms with van der Waals surface area (Å²) < 4.78 is 12.2. The molecule has 0 atom stereocenters. The smallest absolute Gasteiger partial charge is 0.383 e. The largest absolute Gasteiger partial charge is 0.408 e. The molecule has 0 aliphatic carbocycles. The van der Waals surface area contributed by atoms with Gasteiger partial charge in [0.25, 0.3) is 0 Å². The molecule has 1 spiro atoms. The predicted molar refractivity (Wildman–Crippen MR) is 67.5 cm³/mol. The van der Waals surface area contributed by atoms with E-state index in [2.05, 4.69) is 48.5 Å². The second kappa shape index (κ2) is 3.29. The van der Waals surface area contributed by atoms with Crippen LogP contribution in [-0.2, 0) is 22.1 Å². The molecule has 2 nitrogen and oxygen atoms in total. The van der Waals surface area contributed by atoms with Gasteiger partial charge in [0.15, 0.2) is 0 Å². The van der Waals surface area contributed by atoms with Crippen molar-refractivity contribution in [3.05, 3.63) is 59.7 Å². The highest BCUT2D eigenvalue weighted by Gasteiger charge is 2.52. The van der Waals surface area contributed by atoms with Gasteiger partial charge in [-0.1, -0.05) is 48.5 Å². The molecule has 0 amide bonds. The maximum Gasteiger partial charge on any atom is 0.408 e. The van der Waals surface area contributed by atoms with Crippen LogP contribution in [0.2, 0.25) is 0 Å². The van der Waals surface area contributed by atoms with Crippen LogP contribution in [0.15, 0.2) is 48.5 Å². The Kier molecular flexibility index (Phi) is 1.86. The summed E-state index contributed by atoms with van der Waals surface area (Å²) in [5, 5.41) is 2.59. The molecule has 0 radical (unpaired) electrons. The number of hydrogen-bond donors (Lipinski definition) is 0. The van der Waals surface area contributed by atoms with Crippen LogP contribution in [0.4, 0.5) is 0 Å². The number of fused-ring (bicyclic) bond motifs is 4. The molecule has 0 aromatic heterocycles. The third kappa shape index (κ3) is 1.16. The Labute approximate surface area is 101 Å². The van der Waals surface area contributed by atoms with Crippen LogP contribution >= 0.6 is 0 Å².